The highest BCUT2D eigenvalue weighted by atomic mass is 16.5. The van der Waals surface area contributed by atoms with Gasteiger partial charge in [0.05, 0.1) is 18.2 Å². The van der Waals surface area contributed by atoms with E-state index >= 15 is 0 Å². The molecule has 2 aliphatic carbocycles. The predicted molar refractivity (Wildman–Crippen MR) is 59.9 cm³/mol. The molecule has 2 fully saturated rings. The Morgan fingerprint density at radius 2 is 2.19 bits per heavy atom. The van der Waals surface area contributed by atoms with Crippen LogP contribution in [0.25, 0.3) is 0 Å². The maximum Gasteiger partial charge on any atom is 0.220 e. The van der Waals surface area contributed by atoms with E-state index in [4.69, 9.17) is 9.84 Å². The van der Waals surface area contributed by atoms with E-state index in [0.29, 0.717) is 18.4 Å². The molecule has 0 aromatic rings. The number of hydrogen-bond donors (Lipinski definition) is 2. The average molecular weight is 227 g/mol. The maximum absolute atomic E-state index is 11.7. The SMILES string of the molecule is CCOC1CC(CC(=O)NC2(CO)CC2)C1. The summed E-state index contributed by atoms with van der Waals surface area (Å²) >= 11 is 0. The van der Waals surface area contributed by atoms with Gasteiger partial charge in [0.1, 0.15) is 0 Å². The summed E-state index contributed by atoms with van der Waals surface area (Å²) in [5.41, 5.74) is -0.264. The quantitative estimate of drug-likeness (QED) is 0.706. The van der Waals surface area contributed by atoms with E-state index in [1.165, 1.54) is 0 Å². The molecular weight excluding hydrogens is 206 g/mol. The molecule has 4 nitrogen and oxygen atoms in total. The molecule has 0 atom stereocenters. The molecule has 0 radical (unpaired) electrons. The van der Waals surface area contributed by atoms with E-state index < -0.39 is 0 Å². The summed E-state index contributed by atoms with van der Waals surface area (Å²) in [6.45, 7) is 2.83. The van der Waals surface area contributed by atoms with Crippen LogP contribution in [0.3, 0.4) is 0 Å². The van der Waals surface area contributed by atoms with Crippen molar-refractivity contribution in [3.8, 4) is 0 Å². The van der Waals surface area contributed by atoms with Gasteiger partial charge < -0.3 is 15.2 Å². The van der Waals surface area contributed by atoms with Gasteiger partial charge in [-0.25, -0.2) is 0 Å². The molecule has 0 aromatic heterocycles. The molecule has 2 aliphatic rings. The highest BCUT2D eigenvalue weighted by Gasteiger charge is 2.44. The molecule has 0 bridgehead atoms. The van der Waals surface area contributed by atoms with Crippen molar-refractivity contribution < 1.29 is 14.6 Å². The first kappa shape index (κ1) is 11.9. The van der Waals surface area contributed by atoms with Crippen molar-refractivity contribution in [3.05, 3.63) is 0 Å². The van der Waals surface area contributed by atoms with Crippen LogP contribution in [0, 0.1) is 5.92 Å². The summed E-state index contributed by atoms with van der Waals surface area (Å²) < 4.78 is 5.45. The zero-order valence-electron chi connectivity index (χ0n) is 9.87. The van der Waals surface area contributed by atoms with Crippen molar-refractivity contribution >= 4 is 5.91 Å². The molecule has 1 amide bonds. The zero-order chi connectivity index (χ0) is 11.6. The molecule has 0 aromatic carbocycles. The van der Waals surface area contributed by atoms with Crippen LogP contribution < -0.4 is 5.32 Å². The maximum atomic E-state index is 11.7. The van der Waals surface area contributed by atoms with Gasteiger partial charge in [0.15, 0.2) is 0 Å². The van der Waals surface area contributed by atoms with Crippen LogP contribution in [-0.2, 0) is 9.53 Å². The third-order valence-corrected chi connectivity index (χ3v) is 3.63. The first-order valence-electron chi connectivity index (χ1n) is 6.21. The monoisotopic (exact) mass is 227 g/mol. The normalized spacial score (nSPS) is 30.6. The fourth-order valence-corrected chi connectivity index (χ4v) is 2.30. The third-order valence-electron chi connectivity index (χ3n) is 3.63. The molecule has 0 saturated heterocycles. The number of amides is 1. The lowest BCUT2D eigenvalue weighted by atomic mass is 9.80. The zero-order valence-corrected chi connectivity index (χ0v) is 9.87. The van der Waals surface area contributed by atoms with E-state index in [0.717, 1.165) is 32.3 Å². The van der Waals surface area contributed by atoms with Crippen molar-refractivity contribution in [3.63, 3.8) is 0 Å². The summed E-state index contributed by atoms with van der Waals surface area (Å²) in [5, 5.41) is 12.0. The van der Waals surface area contributed by atoms with Gasteiger partial charge in [0.25, 0.3) is 0 Å². The van der Waals surface area contributed by atoms with Crippen LogP contribution in [0.1, 0.15) is 39.0 Å². The largest absolute Gasteiger partial charge is 0.394 e. The Morgan fingerprint density at radius 3 is 2.69 bits per heavy atom. The molecule has 2 rings (SSSR count). The Hall–Kier alpha value is -0.610. The van der Waals surface area contributed by atoms with Gasteiger partial charge >= 0.3 is 0 Å². The Balaban J connectivity index is 1.62. The van der Waals surface area contributed by atoms with Crippen LogP contribution in [0.5, 0.6) is 0 Å². The minimum absolute atomic E-state index is 0.0744. The molecule has 92 valence electrons. The first-order chi connectivity index (χ1) is 7.67. The van der Waals surface area contributed by atoms with E-state index in [-0.39, 0.29) is 18.1 Å². The standard InChI is InChI=1S/C12H21NO3/c1-2-16-10-5-9(6-10)7-11(15)13-12(8-14)3-4-12/h9-10,14H,2-8H2,1H3,(H,13,15). The van der Waals surface area contributed by atoms with Crippen molar-refractivity contribution in [1.29, 1.82) is 0 Å². The third kappa shape index (κ3) is 2.74. The topological polar surface area (TPSA) is 58.6 Å². The van der Waals surface area contributed by atoms with E-state index in [2.05, 4.69) is 5.32 Å². The molecule has 0 aliphatic heterocycles. The first-order valence-corrected chi connectivity index (χ1v) is 6.21. The molecule has 0 heterocycles. The van der Waals surface area contributed by atoms with Gasteiger partial charge in [0, 0.05) is 13.0 Å². The van der Waals surface area contributed by atoms with Crippen molar-refractivity contribution in [2.45, 2.75) is 50.7 Å². The molecule has 0 spiro atoms. The summed E-state index contributed by atoms with van der Waals surface area (Å²) in [7, 11) is 0. The van der Waals surface area contributed by atoms with E-state index in [9.17, 15) is 4.79 Å². The second kappa shape index (κ2) is 4.72. The highest BCUT2D eigenvalue weighted by Crippen LogP contribution is 2.36. The number of rotatable bonds is 6. The number of nitrogens with one attached hydrogen (secondary N) is 1. The number of carbonyl (C=O) groups is 1. The van der Waals surface area contributed by atoms with E-state index in [1.54, 1.807) is 0 Å². The summed E-state index contributed by atoms with van der Waals surface area (Å²) in [6.07, 6.45) is 4.81. The lowest BCUT2D eigenvalue weighted by Crippen LogP contribution is -2.42. The fourth-order valence-electron chi connectivity index (χ4n) is 2.30. The molecule has 16 heavy (non-hydrogen) atoms. The minimum Gasteiger partial charge on any atom is -0.394 e. The molecule has 4 heteroatoms. The number of carbonyl (C=O) groups excluding carboxylic acids is 1. The molecular formula is C12H21NO3. The average Bonchev–Trinajstić information content (AvgIpc) is 2.95. The van der Waals surface area contributed by atoms with Crippen LogP contribution in [0.2, 0.25) is 0 Å². The number of aliphatic hydroxyl groups is 1. The molecule has 2 saturated carbocycles. The number of aliphatic hydroxyl groups excluding tert-OH is 1. The summed E-state index contributed by atoms with van der Waals surface area (Å²) in [6, 6.07) is 0. The minimum atomic E-state index is -0.264. The van der Waals surface area contributed by atoms with Crippen molar-refractivity contribution in [2.75, 3.05) is 13.2 Å². The highest BCUT2D eigenvalue weighted by molar-refractivity contribution is 5.77. The lowest BCUT2D eigenvalue weighted by molar-refractivity contribution is -0.125. The summed E-state index contributed by atoms with van der Waals surface area (Å²) in [4.78, 5) is 11.7. The summed E-state index contributed by atoms with van der Waals surface area (Å²) in [5.74, 6) is 0.567. The van der Waals surface area contributed by atoms with Gasteiger partial charge in [0.2, 0.25) is 5.91 Å². The number of hydrogen-bond acceptors (Lipinski definition) is 3. The smallest absolute Gasteiger partial charge is 0.220 e. The number of ether oxygens (including phenoxy) is 1. The van der Waals surface area contributed by atoms with Gasteiger partial charge in [-0.2, -0.15) is 0 Å². The Bertz CT molecular complexity index is 257. The van der Waals surface area contributed by atoms with Gasteiger partial charge in [-0.1, -0.05) is 0 Å². The van der Waals surface area contributed by atoms with E-state index in [1.807, 2.05) is 6.92 Å². The van der Waals surface area contributed by atoms with Crippen LogP contribution >= 0.6 is 0 Å². The molecule has 2 N–H and O–H groups in total. The van der Waals surface area contributed by atoms with Gasteiger partial charge in [-0.05, 0) is 38.5 Å². The Kier molecular flexibility index (Phi) is 3.50. The van der Waals surface area contributed by atoms with Crippen LogP contribution in [0.4, 0.5) is 0 Å². The predicted octanol–water partition coefficient (Wildman–Crippen LogP) is 0.833. The second-order valence-corrected chi connectivity index (χ2v) is 5.11. The van der Waals surface area contributed by atoms with Crippen LogP contribution in [0.15, 0.2) is 0 Å². The van der Waals surface area contributed by atoms with Crippen molar-refractivity contribution in [1.82, 2.24) is 5.32 Å². The van der Waals surface area contributed by atoms with Gasteiger partial charge in [-0.3, -0.25) is 4.79 Å². The Morgan fingerprint density at radius 1 is 1.50 bits per heavy atom. The second-order valence-electron chi connectivity index (χ2n) is 5.11. The fraction of sp³-hybridized carbons (Fsp3) is 0.917. The van der Waals surface area contributed by atoms with Crippen LogP contribution in [-0.4, -0.2) is 35.9 Å². The van der Waals surface area contributed by atoms with Gasteiger partial charge in [-0.15, -0.1) is 0 Å². The molecule has 0 unspecified atom stereocenters. The Labute approximate surface area is 96.4 Å². The lowest BCUT2D eigenvalue weighted by Gasteiger charge is -2.34. The van der Waals surface area contributed by atoms with Crippen molar-refractivity contribution in [2.24, 2.45) is 5.92 Å².